The summed E-state index contributed by atoms with van der Waals surface area (Å²) in [6.45, 7) is 3.50. The lowest BCUT2D eigenvalue weighted by Gasteiger charge is -2.20. The largest absolute Gasteiger partial charge is 0.508 e. The number of aromatic nitrogens is 1. The van der Waals surface area contributed by atoms with Crippen LogP contribution in [0.25, 0.3) is 10.9 Å². The summed E-state index contributed by atoms with van der Waals surface area (Å²) in [5.41, 5.74) is 3.63. The number of nitrogens with zero attached hydrogens (tertiary/aromatic N) is 1. The molecule has 3 aromatic rings. The normalized spacial score (nSPS) is 11.2. The van der Waals surface area contributed by atoms with Crippen LogP contribution in [0.4, 0.5) is 20.2 Å². The molecule has 0 aliphatic heterocycles. The number of benzene rings is 2. The Morgan fingerprint density at radius 2 is 1.83 bits per heavy atom. The van der Waals surface area contributed by atoms with Gasteiger partial charge in [0.25, 0.3) is 0 Å². The van der Waals surface area contributed by atoms with Crippen molar-refractivity contribution in [3.05, 3.63) is 63.4 Å². The van der Waals surface area contributed by atoms with Crippen LogP contribution < -0.4 is 16.5 Å². The van der Waals surface area contributed by atoms with Crippen molar-refractivity contribution in [2.24, 2.45) is 0 Å². The average molecular weight is 417 g/mol. The highest BCUT2D eigenvalue weighted by Crippen LogP contribution is 2.34. The molecule has 1 aromatic heterocycles. The molecule has 0 aliphatic rings. The molecule has 3 rings (SSSR count). The number of carboxylic acids is 1. The van der Waals surface area contributed by atoms with Crippen molar-refractivity contribution in [3.63, 3.8) is 0 Å². The number of hydrogen-bond acceptors (Lipinski definition) is 5. The molecule has 0 amide bonds. The van der Waals surface area contributed by atoms with Gasteiger partial charge in [0.05, 0.1) is 16.6 Å². The third kappa shape index (κ3) is 3.66. The SMILES string of the molecule is CC(C)n1cc(C(=O)O)c(=O)c2c(N)c(F)c(NCCc3ccc(O)cc3)c(F)c21. The van der Waals surface area contributed by atoms with Crippen LogP contribution in [-0.2, 0) is 6.42 Å². The summed E-state index contributed by atoms with van der Waals surface area (Å²) in [4.78, 5) is 24.0. The van der Waals surface area contributed by atoms with Crippen molar-refractivity contribution in [1.82, 2.24) is 4.57 Å². The van der Waals surface area contributed by atoms with Gasteiger partial charge < -0.3 is 25.8 Å². The Balaban J connectivity index is 2.11. The summed E-state index contributed by atoms with van der Waals surface area (Å²) in [5.74, 6) is -3.57. The quantitative estimate of drug-likeness (QED) is 0.456. The highest BCUT2D eigenvalue weighted by atomic mass is 19.1. The maximum absolute atomic E-state index is 15.3. The molecule has 158 valence electrons. The van der Waals surface area contributed by atoms with Crippen LogP contribution >= 0.6 is 0 Å². The smallest absolute Gasteiger partial charge is 0.341 e. The van der Waals surface area contributed by atoms with Gasteiger partial charge >= 0.3 is 5.97 Å². The number of halogens is 2. The monoisotopic (exact) mass is 417 g/mol. The van der Waals surface area contributed by atoms with Gasteiger partial charge in [-0.2, -0.15) is 0 Å². The maximum Gasteiger partial charge on any atom is 0.341 e. The van der Waals surface area contributed by atoms with Crippen LogP contribution in [-0.4, -0.2) is 27.3 Å². The zero-order chi connectivity index (χ0) is 22.2. The van der Waals surface area contributed by atoms with Crippen LogP contribution in [0.2, 0.25) is 0 Å². The zero-order valence-electron chi connectivity index (χ0n) is 16.4. The lowest BCUT2D eigenvalue weighted by atomic mass is 10.1. The molecule has 1 heterocycles. The first-order valence-electron chi connectivity index (χ1n) is 9.23. The Kier molecular flexibility index (Phi) is 5.64. The number of phenolic OH excluding ortho intramolecular Hbond substituents is 1. The maximum atomic E-state index is 15.3. The first-order chi connectivity index (χ1) is 14.1. The fraction of sp³-hybridized carbons (Fsp3) is 0.238. The number of nitrogens with one attached hydrogen (secondary N) is 1. The van der Waals surface area contributed by atoms with Gasteiger partial charge in [0, 0.05) is 18.8 Å². The second kappa shape index (κ2) is 8.02. The van der Waals surface area contributed by atoms with Gasteiger partial charge in [-0.3, -0.25) is 4.79 Å². The Hall–Kier alpha value is -3.62. The molecule has 0 atom stereocenters. The molecular formula is C21H21F2N3O4. The minimum atomic E-state index is -1.51. The summed E-state index contributed by atoms with van der Waals surface area (Å²) < 4.78 is 31.4. The van der Waals surface area contributed by atoms with Crippen molar-refractivity contribution < 1.29 is 23.8 Å². The van der Waals surface area contributed by atoms with E-state index in [1.54, 1.807) is 26.0 Å². The number of aromatic hydroxyl groups is 1. The molecule has 9 heteroatoms. The topological polar surface area (TPSA) is 118 Å². The van der Waals surface area contributed by atoms with Gasteiger partial charge in [0.1, 0.15) is 17.0 Å². The van der Waals surface area contributed by atoms with E-state index in [2.05, 4.69) is 5.32 Å². The molecule has 5 N–H and O–H groups in total. The average Bonchev–Trinajstić information content (AvgIpc) is 2.69. The molecule has 0 bridgehead atoms. The van der Waals surface area contributed by atoms with E-state index in [1.165, 1.54) is 16.7 Å². The van der Waals surface area contributed by atoms with E-state index in [4.69, 9.17) is 5.73 Å². The van der Waals surface area contributed by atoms with E-state index in [0.29, 0.717) is 6.42 Å². The van der Waals surface area contributed by atoms with E-state index in [-0.39, 0.29) is 17.8 Å². The summed E-state index contributed by atoms with van der Waals surface area (Å²) in [5, 5.41) is 20.8. The van der Waals surface area contributed by atoms with Crippen molar-refractivity contribution in [2.75, 3.05) is 17.6 Å². The van der Waals surface area contributed by atoms with Crippen LogP contribution in [0.3, 0.4) is 0 Å². The molecule has 0 radical (unpaired) electrons. The number of carbonyl (C=O) groups is 1. The lowest BCUT2D eigenvalue weighted by molar-refractivity contribution is 0.0694. The van der Waals surface area contributed by atoms with Crippen molar-refractivity contribution in [1.29, 1.82) is 0 Å². The van der Waals surface area contributed by atoms with Crippen LogP contribution in [0.1, 0.15) is 35.8 Å². The molecular weight excluding hydrogens is 396 g/mol. The summed E-state index contributed by atoms with van der Waals surface area (Å²) in [6, 6.07) is 5.96. The van der Waals surface area contributed by atoms with Crippen molar-refractivity contribution >= 4 is 28.2 Å². The summed E-state index contributed by atoms with van der Waals surface area (Å²) in [6.07, 6.45) is 1.45. The van der Waals surface area contributed by atoms with Gasteiger partial charge in [-0.25, -0.2) is 13.6 Å². The van der Waals surface area contributed by atoms with Crippen LogP contribution in [0.15, 0.2) is 35.3 Å². The number of nitrogen functional groups attached to an aromatic ring is 1. The highest BCUT2D eigenvalue weighted by Gasteiger charge is 2.26. The number of phenols is 1. The van der Waals surface area contributed by atoms with E-state index >= 15 is 4.39 Å². The third-order valence-electron chi connectivity index (χ3n) is 4.83. The lowest BCUT2D eigenvalue weighted by Crippen LogP contribution is -2.23. The standard InChI is InChI=1S/C21H21F2N3O4/c1-10(2)26-9-13(21(29)30)20(28)14-17(24)15(22)18(16(23)19(14)26)25-8-7-11-3-5-12(27)6-4-11/h3-6,9-10,25,27H,7-8,24H2,1-2H3,(H,29,30). The Morgan fingerprint density at radius 3 is 2.40 bits per heavy atom. The van der Waals surface area contributed by atoms with Gasteiger partial charge in [-0.1, -0.05) is 12.1 Å². The minimum Gasteiger partial charge on any atom is -0.508 e. The molecule has 30 heavy (non-hydrogen) atoms. The van der Waals surface area contributed by atoms with Gasteiger partial charge in [-0.15, -0.1) is 0 Å². The minimum absolute atomic E-state index is 0.110. The number of nitrogens with two attached hydrogens (primary N) is 1. The Bertz CT molecular complexity index is 1190. The fourth-order valence-corrected chi connectivity index (χ4v) is 3.27. The second-order valence-corrected chi connectivity index (χ2v) is 7.16. The molecule has 0 unspecified atom stereocenters. The molecule has 0 aliphatic carbocycles. The number of pyridine rings is 1. The molecule has 2 aromatic carbocycles. The van der Waals surface area contributed by atoms with Crippen molar-refractivity contribution in [2.45, 2.75) is 26.3 Å². The van der Waals surface area contributed by atoms with E-state index in [0.717, 1.165) is 11.8 Å². The number of rotatable bonds is 6. The van der Waals surface area contributed by atoms with Gasteiger partial charge in [0.15, 0.2) is 11.6 Å². The number of aromatic carboxylic acids is 1. The number of carboxylic acid groups (broad SMARTS) is 1. The van der Waals surface area contributed by atoms with Gasteiger partial charge in [0.2, 0.25) is 5.43 Å². The first-order valence-corrected chi connectivity index (χ1v) is 9.23. The number of hydrogen-bond donors (Lipinski definition) is 4. The Labute approximate surface area is 170 Å². The van der Waals surface area contributed by atoms with E-state index in [9.17, 15) is 24.2 Å². The molecule has 0 saturated carbocycles. The third-order valence-corrected chi connectivity index (χ3v) is 4.83. The second-order valence-electron chi connectivity index (χ2n) is 7.16. The van der Waals surface area contributed by atoms with E-state index < -0.39 is 51.4 Å². The summed E-state index contributed by atoms with van der Waals surface area (Å²) >= 11 is 0. The predicted molar refractivity (Wildman–Crippen MR) is 110 cm³/mol. The van der Waals surface area contributed by atoms with Crippen LogP contribution in [0.5, 0.6) is 5.75 Å². The fourth-order valence-electron chi connectivity index (χ4n) is 3.27. The molecule has 0 fully saturated rings. The predicted octanol–water partition coefficient (Wildman–Crippen LogP) is 3.50. The van der Waals surface area contributed by atoms with Crippen LogP contribution in [0, 0.1) is 11.6 Å². The van der Waals surface area contributed by atoms with Gasteiger partial charge in [-0.05, 0) is 38.0 Å². The highest BCUT2D eigenvalue weighted by molar-refractivity contribution is 5.99. The number of fused-ring (bicyclic) bond motifs is 1. The Morgan fingerprint density at radius 1 is 1.20 bits per heavy atom. The molecule has 7 nitrogen and oxygen atoms in total. The van der Waals surface area contributed by atoms with E-state index in [1.807, 2.05) is 0 Å². The number of anilines is 2. The molecule has 0 saturated heterocycles. The van der Waals surface area contributed by atoms with Crippen molar-refractivity contribution in [3.8, 4) is 5.75 Å². The first kappa shape index (κ1) is 21.1. The summed E-state index contributed by atoms with van der Waals surface area (Å²) in [7, 11) is 0. The molecule has 0 spiro atoms. The zero-order valence-corrected chi connectivity index (χ0v) is 16.4.